The molecule has 1 aromatic carbocycles. The third kappa shape index (κ3) is 4.96. The number of likely N-dealkylation sites (tertiary alicyclic amines) is 1. The van der Waals surface area contributed by atoms with Crippen molar-refractivity contribution in [2.24, 2.45) is 11.8 Å². The van der Waals surface area contributed by atoms with Gasteiger partial charge in [0.25, 0.3) is 0 Å². The third-order valence-corrected chi connectivity index (χ3v) is 8.19. The van der Waals surface area contributed by atoms with Gasteiger partial charge in [0.2, 0.25) is 11.8 Å². The lowest BCUT2D eigenvalue weighted by Crippen LogP contribution is -2.58. The van der Waals surface area contributed by atoms with Crippen LogP contribution in [0.3, 0.4) is 0 Å². The Labute approximate surface area is 204 Å². The molecule has 188 valence electrons. The largest absolute Gasteiger partial charge is 0.493 e. The number of carbonyl (C=O) groups is 2. The van der Waals surface area contributed by atoms with E-state index in [1.165, 1.54) is 6.92 Å². The Morgan fingerprint density at radius 3 is 2.79 bits per heavy atom. The Morgan fingerprint density at radius 1 is 1.35 bits per heavy atom. The van der Waals surface area contributed by atoms with Gasteiger partial charge in [0.1, 0.15) is 11.6 Å². The van der Waals surface area contributed by atoms with E-state index in [0.29, 0.717) is 31.0 Å². The van der Waals surface area contributed by atoms with Crippen LogP contribution in [0.5, 0.6) is 11.5 Å². The van der Waals surface area contributed by atoms with Gasteiger partial charge in [-0.1, -0.05) is 12.1 Å². The monoisotopic (exact) mass is 492 g/mol. The normalized spacial score (nSPS) is 28.9. The quantitative estimate of drug-likeness (QED) is 0.656. The smallest absolute Gasteiger partial charge is 0.245 e. The zero-order chi connectivity index (χ0) is 24.6. The maximum atomic E-state index is 13.3. The summed E-state index contributed by atoms with van der Waals surface area (Å²) in [6.07, 6.45) is 3.58. The molecule has 3 heterocycles. The molecule has 8 nitrogen and oxygen atoms in total. The topological polar surface area (TPSA) is 94.2 Å². The number of benzene rings is 1. The van der Waals surface area contributed by atoms with Crippen molar-refractivity contribution < 1.29 is 28.0 Å². The minimum absolute atomic E-state index is 0.0561. The molecule has 6 atom stereocenters. The Bertz CT molecular complexity index is 967. The van der Waals surface area contributed by atoms with E-state index in [1.807, 2.05) is 17.0 Å². The molecule has 2 fully saturated rings. The summed E-state index contributed by atoms with van der Waals surface area (Å²) in [5, 5.41) is 2.76. The molecule has 0 radical (unpaired) electrons. The van der Waals surface area contributed by atoms with Crippen molar-refractivity contribution >= 4 is 22.6 Å². The number of methoxy groups -OCH3 is 1. The van der Waals surface area contributed by atoms with E-state index >= 15 is 0 Å². The number of ether oxygens (including phenoxy) is 3. The summed E-state index contributed by atoms with van der Waals surface area (Å²) in [4.78, 5) is 26.8. The molecule has 2 saturated heterocycles. The van der Waals surface area contributed by atoms with Crippen molar-refractivity contribution in [3.63, 3.8) is 0 Å². The highest BCUT2D eigenvalue weighted by Crippen LogP contribution is 2.55. The van der Waals surface area contributed by atoms with Crippen LogP contribution in [0.15, 0.2) is 18.2 Å². The molecule has 9 heteroatoms. The number of fused-ring (bicyclic) bond motifs is 4. The van der Waals surface area contributed by atoms with E-state index in [9.17, 15) is 13.8 Å². The summed E-state index contributed by atoms with van der Waals surface area (Å²) < 4.78 is 30.3. The van der Waals surface area contributed by atoms with E-state index < -0.39 is 22.4 Å². The van der Waals surface area contributed by atoms with Gasteiger partial charge in [0, 0.05) is 60.2 Å². The average Bonchev–Trinajstić information content (AvgIpc) is 2.79. The van der Waals surface area contributed by atoms with Crippen molar-refractivity contribution in [1.82, 2.24) is 10.2 Å². The van der Waals surface area contributed by atoms with Crippen molar-refractivity contribution in [2.75, 3.05) is 32.2 Å². The lowest BCUT2D eigenvalue weighted by Gasteiger charge is -2.53. The maximum Gasteiger partial charge on any atom is 0.245 e. The van der Waals surface area contributed by atoms with Gasteiger partial charge in [0.15, 0.2) is 11.5 Å². The fraction of sp³-hybridized carbons (Fsp3) is 0.680. The Hall–Kier alpha value is -2.13. The zero-order valence-electron chi connectivity index (χ0n) is 20.7. The van der Waals surface area contributed by atoms with Crippen LogP contribution < -0.4 is 14.8 Å². The third-order valence-electron chi connectivity index (χ3n) is 7.38. The van der Waals surface area contributed by atoms with E-state index in [-0.39, 0.29) is 35.9 Å². The average molecular weight is 493 g/mol. The first-order valence-corrected chi connectivity index (χ1v) is 13.7. The molecular formula is C25H36N2O6S. The second-order valence-electron chi connectivity index (χ2n) is 10.2. The van der Waals surface area contributed by atoms with Gasteiger partial charge >= 0.3 is 0 Å². The molecule has 0 bridgehead atoms. The Kier molecular flexibility index (Phi) is 7.24. The van der Waals surface area contributed by atoms with Crippen molar-refractivity contribution in [3.8, 4) is 11.5 Å². The fourth-order valence-corrected chi connectivity index (χ4v) is 6.23. The second-order valence-corrected chi connectivity index (χ2v) is 11.7. The summed E-state index contributed by atoms with van der Waals surface area (Å²) in [6.45, 7) is 6.75. The summed E-state index contributed by atoms with van der Waals surface area (Å²) >= 11 is 0. The van der Waals surface area contributed by atoms with E-state index in [0.717, 1.165) is 24.2 Å². The molecule has 4 rings (SSSR count). The minimum atomic E-state index is -1.03. The van der Waals surface area contributed by atoms with Crippen molar-refractivity contribution in [1.29, 1.82) is 0 Å². The van der Waals surface area contributed by atoms with Crippen LogP contribution in [0, 0.1) is 11.8 Å². The predicted molar refractivity (Wildman–Crippen MR) is 129 cm³/mol. The van der Waals surface area contributed by atoms with E-state index in [4.69, 9.17) is 14.2 Å². The number of amides is 2. The molecule has 1 N–H and O–H groups in total. The lowest BCUT2D eigenvalue weighted by atomic mass is 9.70. The van der Waals surface area contributed by atoms with Crippen molar-refractivity contribution in [2.45, 2.75) is 63.9 Å². The standard InChI is InChI=1S/C25H36N2O6S/c1-15(28)26-19(10-12-34(5)30)24(29)27-11-9-20-16(14-27)13-18-22(32-20)17-7-6-8-21(31-4)23(17)33-25(18,2)3/h6-8,16,18-20,22H,9-14H2,1-5H3,(H,26,28)/t16-,18+,19-,20+,22-,34?/m0/s1. The van der Waals surface area contributed by atoms with Crippen LogP contribution in [0.2, 0.25) is 0 Å². The molecule has 34 heavy (non-hydrogen) atoms. The molecule has 0 aromatic heterocycles. The van der Waals surface area contributed by atoms with Gasteiger partial charge in [-0.2, -0.15) is 0 Å². The molecule has 3 aliphatic rings. The highest BCUT2D eigenvalue weighted by atomic mass is 32.2. The van der Waals surface area contributed by atoms with E-state index in [1.54, 1.807) is 13.4 Å². The van der Waals surface area contributed by atoms with Crippen LogP contribution in [0.1, 0.15) is 51.7 Å². The summed E-state index contributed by atoms with van der Waals surface area (Å²) in [5.41, 5.74) is 0.576. The molecule has 0 aliphatic carbocycles. The molecule has 3 aliphatic heterocycles. The highest BCUT2D eigenvalue weighted by Gasteiger charge is 2.52. The number of carbonyl (C=O) groups excluding carboxylic acids is 2. The number of hydrogen-bond acceptors (Lipinski definition) is 6. The number of nitrogens with one attached hydrogen (secondary N) is 1. The Balaban J connectivity index is 1.51. The first-order valence-electron chi connectivity index (χ1n) is 12.0. The lowest BCUT2D eigenvalue weighted by molar-refractivity contribution is -0.189. The van der Waals surface area contributed by atoms with E-state index in [2.05, 4.69) is 25.2 Å². The zero-order valence-corrected chi connectivity index (χ0v) is 21.5. The van der Waals surface area contributed by atoms with Gasteiger partial charge in [-0.15, -0.1) is 0 Å². The SMILES string of the molecule is COc1cccc2c1OC(C)(C)[C@@H]1C[C@H]3CN(C(=O)[C@H](CCS(C)=O)NC(C)=O)CC[C@H]3O[C@@H]21. The summed E-state index contributed by atoms with van der Waals surface area (Å²) in [7, 11) is 0.620. The summed E-state index contributed by atoms with van der Waals surface area (Å²) in [5.74, 6) is 1.81. The fourth-order valence-electron chi connectivity index (χ4n) is 5.66. The number of hydrogen-bond donors (Lipinski definition) is 1. The molecule has 1 unspecified atom stereocenters. The Morgan fingerprint density at radius 2 is 2.12 bits per heavy atom. The van der Waals surface area contributed by atoms with Gasteiger partial charge in [0.05, 0.1) is 19.3 Å². The second kappa shape index (κ2) is 9.85. The number of piperidine rings is 1. The number of rotatable bonds is 6. The van der Waals surface area contributed by atoms with Crippen molar-refractivity contribution in [3.05, 3.63) is 23.8 Å². The molecular weight excluding hydrogens is 456 g/mol. The summed E-state index contributed by atoms with van der Waals surface area (Å²) in [6, 6.07) is 5.28. The number of para-hydroxylation sites is 1. The molecule has 0 spiro atoms. The molecule has 1 aromatic rings. The van der Waals surface area contributed by atoms with Gasteiger partial charge < -0.3 is 24.4 Å². The van der Waals surface area contributed by atoms with Crippen LogP contribution >= 0.6 is 0 Å². The van der Waals surface area contributed by atoms with Crippen LogP contribution in [-0.2, 0) is 25.1 Å². The van der Waals surface area contributed by atoms with Gasteiger partial charge in [-0.25, -0.2) is 0 Å². The van der Waals surface area contributed by atoms with Crippen LogP contribution in [-0.4, -0.2) is 70.9 Å². The maximum absolute atomic E-state index is 13.3. The van der Waals surface area contributed by atoms with Gasteiger partial charge in [-0.3, -0.25) is 13.8 Å². The predicted octanol–water partition coefficient (Wildman–Crippen LogP) is 2.43. The highest BCUT2D eigenvalue weighted by molar-refractivity contribution is 7.84. The first-order chi connectivity index (χ1) is 16.1. The van der Waals surface area contributed by atoms with Crippen LogP contribution in [0.4, 0.5) is 0 Å². The molecule has 2 amide bonds. The number of nitrogens with zero attached hydrogens (tertiary/aromatic N) is 1. The minimum Gasteiger partial charge on any atom is -0.493 e. The molecule has 0 saturated carbocycles. The van der Waals surface area contributed by atoms with Crippen LogP contribution in [0.25, 0.3) is 0 Å². The van der Waals surface area contributed by atoms with Gasteiger partial charge in [-0.05, 0) is 39.2 Å². The first kappa shape index (κ1) is 25.0.